The van der Waals surface area contributed by atoms with Crippen LogP contribution in [0.3, 0.4) is 0 Å². The van der Waals surface area contributed by atoms with Crippen molar-refractivity contribution in [3.63, 3.8) is 0 Å². The molecule has 0 aliphatic heterocycles. The highest BCUT2D eigenvalue weighted by Crippen LogP contribution is 2.35. The Hall–Kier alpha value is -2.59. The number of halogens is 2. The number of nitrogens with one attached hydrogen (secondary N) is 1. The minimum Gasteiger partial charge on any atom is -0.452 e. The molecule has 0 heterocycles. The van der Waals surface area contributed by atoms with E-state index in [2.05, 4.69) is 37.2 Å². The Kier molecular flexibility index (Phi) is 6.58. The molecular weight excluding hydrogens is 476 g/mol. The van der Waals surface area contributed by atoms with Crippen molar-refractivity contribution in [2.45, 2.75) is 0 Å². The van der Waals surface area contributed by atoms with E-state index < -0.39 is 23.4 Å². The number of ether oxygens (including phenoxy) is 1. The summed E-state index contributed by atoms with van der Waals surface area (Å²) in [6.07, 6.45) is 0.641. The number of nitrogens with zero attached hydrogens (tertiary/aromatic N) is 1. The molecule has 0 aromatic heterocycles. The fourth-order valence-corrected chi connectivity index (χ4v) is 3.23. The molecule has 26 heavy (non-hydrogen) atoms. The Morgan fingerprint density at radius 2 is 1.73 bits per heavy atom. The van der Waals surface area contributed by atoms with Crippen LogP contribution in [0.2, 0.25) is 0 Å². The molecule has 2 aromatic carbocycles. The molecule has 0 saturated heterocycles. The lowest BCUT2D eigenvalue weighted by molar-refractivity contribution is -0.385. The van der Waals surface area contributed by atoms with Crippen LogP contribution in [0, 0.1) is 10.1 Å². The number of aldehydes is 1. The lowest BCUT2D eigenvalue weighted by Gasteiger charge is -2.10. The zero-order valence-electron chi connectivity index (χ0n) is 12.9. The van der Waals surface area contributed by atoms with Crippen molar-refractivity contribution in [3.05, 3.63) is 66.6 Å². The van der Waals surface area contributed by atoms with E-state index in [1.54, 1.807) is 0 Å². The van der Waals surface area contributed by atoms with Crippen LogP contribution in [0.4, 0.5) is 11.4 Å². The van der Waals surface area contributed by atoms with Gasteiger partial charge in [-0.1, -0.05) is 12.1 Å². The maximum Gasteiger partial charge on any atom is 0.338 e. The third-order valence-electron chi connectivity index (χ3n) is 3.12. The normalized spacial score (nSPS) is 10.1. The highest BCUT2D eigenvalue weighted by molar-refractivity contribution is 9.11. The van der Waals surface area contributed by atoms with E-state index >= 15 is 0 Å². The molecule has 1 amide bonds. The van der Waals surface area contributed by atoms with E-state index in [-0.39, 0.29) is 16.9 Å². The molecule has 0 atom stereocenters. The van der Waals surface area contributed by atoms with Gasteiger partial charge >= 0.3 is 5.97 Å². The molecule has 0 spiro atoms. The van der Waals surface area contributed by atoms with Gasteiger partial charge in [0.25, 0.3) is 11.6 Å². The summed E-state index contributed by atoms with van der Waals surface area (Å²) < 4.78 is 5.49. The molecule has 1 N–H and O–H groups in total. The van der Waals surface area contributed by atoms with Crippen LogP contribution >= 0.6 is 31.9 Å². The quantitative estimate of drug-likeness (QED) is 0.288. The first-order valence-electron chi connectivity index (χ1n) is 6.97. The molecule has 2 rings (SSSR count). The van der Waals surface area contributed by atoms with Gasteiger partial charge in [0.1, 0.15) is 6.29 Å². The minimum absolute atomic E-state index is 0.160. The number of esters is 1. The summed E-state index contributed by atoms with van der Waals surface area (Å²) in [7, 11) is 0. The van der Waals surface area contributed by atoms with Gasteiger partial charge in [-0.2, -0.15) is 0 Å². The summed E-state index contributed by atoms with van der Waals surface area (Å²) in [6.45, 7) is -0.551. The fourth-order valence-electron chi connectivity index (χ4n) is 1.87. The molecule has 10 heteroatoms. The van der Waals surface area contributed by atoms with Crippen LogP contribution in [-0.2, 0) is 9.53 Å². The summed E-state index contributed by atoms with van der Waals surface area (Å²) in [5.41, 5.74) is 0.715. The highest BCUT2D eigenvalue weighted by Gasteiger charge is 2.17. The highest BCUT2D eigenvalue weighted by atomic mass is 79.9. The molecule has 0 aliphatic rings. The maximum absolute atomic E-state index is 12.0. The van der Waals surface area contributed by atoms with Gasteiger partial charge in [-0.05, 0) is 44.0 Å². The molecular formula is C16H10Br2N2O6. The standard InChI is InChI=1S/C16H10Br2N2O6/c17-12-5-11(20(24)25)6-13(18)15(12)19-14(22)8-26-16(23)10-3-1-9(7-21)2-4-10/h1-7H,8H2,(H,19,22). The number of amides is 1. The van der Waals surface area contributed by atoms with Crippen LogP contribution in [0.15, 0.2) is 45.3 Å². The molecule has 0 saturated carbocycles. The monoisotopic (exact) mass is 484 g/mol. The van der Waals surface area contributed by atoms with Gasteiger partial charge in [0.15, 0.2) is 6.61 Å². The lowest BCUT2D eigenvalue weighted by atomic mass is 10.1. The summed E-state index contributed by atoms with van der Waals surface area (Å²) in [6, 6.07) is 8.20. The second-order valence-corrected chi connectivity index (χ2v) is 6.61. The number of anilines is 1. The van der Waals surface area contributed by atoms with E-state index in [1.165, 1.54) is 36.4 Å². The Bertz CT molecular complexity index is 860. The summed E-state index contributed by atoms with van der Waals surface area (Å²) in [5, 5.41) is 13.3. The Morgan fingerprint density at radius 1 is 1.15 bits per heavy atom. The number of nitro benzene ring substituents is 1. The van der Waals surface area contributed by atoms with Gasteiger partial charge in [-0.25, -0.2) is 4.79 Å². The SMILES string of the molecule is O=Cc1ccc(C(=O)OCC(=O)Nc2c(Br)cc([N+](=O)[O-])cc2Br)cc1. The second kappa shape index (κ2) is 8.68. The van der Waals surface area contributed by atoms with E-state index in [0.29, 0.717) is 20.8 Å². The zero-order chi connectivity index (χ0) is 19.3. The van der Waals surface area contributed by atoms with Gasteiger partial charge in [0.2, 0.25) is 0 Å². The molecule has 0 bridgehead atoms. The predicted molar refractivity (Wildman–Crippen MR) is 99.2 cm³/mol. The van der Waals surface area contributed by atoms with Gasteiger partial charge < -0.3 is 10.1 Å². The van der Waals surface area contributed by atoms with Crippen molar-refractivity contribution in [2.75, 3.05) is 11.9 Å². The van der Waals surface area contributed by atoms with Crippen molar-refractivity contribution >= 4 is 61.4 Å². The fraction of sp³-hybridized carbons (Fsp3) is 0.0625. The molecule has 0 radical (unpaired) electrons. The maximum atomic E-state index is 12.0. The largest absolute Gasteiger partial charge is 0.452 e. The Morgan fingerprint density at radius 3 is 2.23 bits per heavy atom. The molecule has 134 valence electrons. The van der Waals surface area contributed by atoms with E-state index in [0.717, 1.165) is 0 Å². The van der Waals surface area contributed by atoms with E-state index in [1.807, 2.05) is 0 Å². The third kappa shape index (κ3) is 4.96. The number of hydrogen-bond donors (Lipinski definition) is 1. The van der Waals surface area contributed by atoms with Crippen molar-refractivity contribution < 1.29 is 24.0 Å². The zero-order valence-corrected chi connectivity index (χ0v) is 16.1. The third-order valence-corrected chi connectivity index (χ3v) is 4.37. The van der Waals surface area contributed by atoms with Gasteiger partial charge in [0, 0.05) is 26.6 Å². The van der Waals surface area contributed by atoms with Gasteiger partial charge in [0.05, 0.1) is 16.2 Å². The number of carbonyl (C=O) groups is 3. The smallest absolute Gasteiger partial charge is 0.338 e. The Balaban J connectivity index is 1.99. The minimum atomic E-state index is -0.723. The van der Waals surface area contributed by atoms with E-state index in [9.17, 15) is 24.5 Å². The second-order valence-electron chi connectivity index (χ2n) is 4.91. The Labute approximate surface area is 163 Å². The number of rotatable bonds is 6. The van der Waals surface area contributed by atoms with Gasteiger partial charge in [-0.3, -0.25) is 19.7 Å². The number of nitro groups is 1. The number of non-ortho nitro benzene ring substituents is 1. The van der Waals surface area contributed by atoms with Crippen LogP contribution in [-0.4, -0.2) is 29.7 Å². The predicted octanol–water partition coefficient (Wildman–Crippen LogP) is 3.73. The first-order chi connectivity index (χ1) is 12.3. The van der Waals surface area contributed by atoms with Crippen molar-refractivity contribution in [1.82, 2.24) is 0 Å². The summed E-state index contributed by atoms with van der Waals surface area (Å²) >= 11 is 6.28. The molecule has 8 nitrogen and oxygen atoms in total. The van der Waals surface area contributed by atoms with Crippen LogP contribution in [0.25, 0.3) is 0 Å². The van der Waals surface area contributed by atoms with Crippen LogP contribution < -0.4 is 5.32 Å². The average Bonchev–Trinajstić information content (AvgIpc) is 2.62. The summed E-state index contributed by atoms with van der Waals surface area (Å²) in [5.74, 6) is -1.35. The molecule has 0 fully saturated rings. The number of hydrogen-bond acceptors (Lipinski definition) is 6. The van der Waals surface area contributed by atoms with Crippen molar-refractivity contribution in [3.8, 4) is 0 Å². The van der Waals surface area contributed by atoms with Crippen molar-refractivity contribution in [2.24, 2.45) is 0 Å². The topological polar surface area (TPSA) is 116 Å². The molecule has 0 unspecified atom stereocenters. The van der Waals surface area contributed by atoms with E-state index in [4.69, 9.17) is 4.74 Å². The van der Waals surface area contributed by atoms with Crippen LogP contribution in [0.1, 0.15) is 20.7 Å². The molecule has 2 aromatic rings. The number of benzene rings is 2. The van der Waals surface area contributed by atoms with Gasteiger partial charge in [-0.15, -0.1) is 0 Å². The number of carbonyl (C=O) groups excluding carboxylic acids is 3. The average molecular weight is 486 g/mol. The first-order valence-corrected chi connectivity index (χ1v) is 8.56. The summed E-state index contributed by atoms with van der Waals surface area (Å²) in [4.78, 5) is 44.6. The molecule has 0 aliphatic carbocycles. The first kappa shape index (κ1) is 19.7. The van der Waals surface area contributed by atoms with Crippen LogP contribution in [0.5, 0.6) is 0 Å². The lowest BCUT2D eigenvalue weighted by Crippen LogP contribution is -2.21. The van der Waals surface area contributed by atoms with Crippen molar-refractivity contribution in [1.29, 1.82) is 0 Å².